The molecule has 3 aliphatic rings. The standard InChI is InChI=1S/C20H35N3S/c1-4-10-18(11-5-1)24(23-17-21-16-22-23,19-12-6-2-7-13-19)20-14-8-3-9-15-20/h16-20H,1-15H2. The first kappa shape index (κ1) is 16.9. The van der Waals surface area contributed by atoms with Gasteiger partial charge in [-0.2, -0.15) is 5.10 Å². The third-order valence-corrected chi connectivity index (χ3v) is 12.4. The summed E-state index contributed by atoms with van der Waals surface area (Å²) in [6, 6.07) is 0. The summed E-state index contributed by atoms with van der Waals surface area (Å²) in [6.07, 6.45) is 25.8. The second-order valence-electron chi connectivity index (χ2n) is 8.30. The van der Waals surface area contributed by atoms with Crippen LogP contribution in [-0.4, -0.2) is 29.9 Å². The van der Waals surface area contributed by atoms with Crippen molar-refractivity contribution in [2.45, 2.75) is 112 Å². The van der Waals surface area contributed by atoms with Crippen LogP contribution in [0.4, 0.5) is 0 Å². The Balaban J connectivity index is 1.77. The molecule has 0 bridgehead atoms. The van der Waals surface area contributed by atoms with Crippen LogP contribution in [0.3, 0.4) is 0 Å². The van der Waals surface area contributed by atoms with E-state index in [1.807, 2.05) is 6.33 Å². The summed E-state index contributed by atoms with van der Waals surface area (Å²) in [5.74, 6) is 0. The van der Waals surface area contributed by atoms with Crippen LogP contribution < -0.4 is 0 Å². The van der Waals surface area contributed by atoms with Crippen LogP contribution in [0, 0.1) is 0 Å². The first-order valence-electron chi connectivity index (χ1n) is 10.6. The maximum atomic E-state index is 4.86. The molecule has 0 aromatic carbocycles. The van der Waals surface area contributed by atoms with Crippen molar-refractivity contribution >= 4 is 10.2 Å². The topological polar surface area (TPSA) is 30.7 Å². The molecule has 1 aromatic heterocycles. The second-order valence-corrected chi connectivity index (χ2v) is 12.1. The summed E-state index contributed by atoms with van der Waals surface area (Å²) < 4.78 is 2.48. The summed E-state index contributed by atoms with van der Waals surface area (Å²) in [5.41, 5.74) is 0. The minimum absolute atomic E-state index is 0.894. The quantitative estimate of drug-likeness (QED) is 0.683. The maximum Gasteiger partial charge on any atom is 0.138 e. The molecular weight excluding hydrogens is 314 g/mol. The molecule has 3 saturated carbocycles. The zero-order valence-electron chi connectivity index (χ0n) is 15.2. The molecule has 4 rings (SSSR count). The first-order valence-corrected chi connectivity index (χ1v) is 12.4. The van der Waals surface area contributed by atoms with Gasteiger partial charge in [0.1, 0.15) is 12.7 Å². The van der Waals surface area contributed by atoms with E-state index >= 15 is 0 Å². The van der Waals surface area contributed by atoms with Crippen LogP contribution in [0.25, 0.3) is 0 Å². The molecule has 136 valence electrons. The fourth-order valence-corrected chi connectivity index (χ4v) is 12.2. The highest BCUT2D eigenvalue weighted by Crippen LogP contribution is 2.69. The number of hydrogen-bond donors (Lipinski definition) is 0. The molecule has 4 heteroatoms. The molecule has 0 saturated heterocycles. The van der Waals surface area contributed by atoms with Gasteiger partial charge in [-0.1, -0.05) is 57.8 Å². The molecular formula is C20H35N3S. The molecule has 0 aliphatic heterocycles. The minimum Gasteiger partial charge on any atom is -0.222 e. The van der Waals surface area contributed by atoms with E-state index in [9.17, 15) is 0 Å². The van der Waals surface area contributed by atoms with E-state index < -0.39 is 10.2 Å². The number of nitrogens with zero attached hydrogens (tertiary/aromatic N) is 3. The number of aromatic nitrogens is 3. The van der Waals surface area contributed by atoms with E-state index in [4.69, 9.17) is 5.10 Å². The van der Waals surface area contributed by atoms with Gasteiger partial charge >= 0.3 is 0 Å². The van der Waals surface area contributed by atoms with E-state index in [0.29, 0.717) is 0 Å². The van der Waals surface area contributed by atoms with E-state index in [-0.39, 0.29) is 0 Å². The van der Waals surface area contributed by atoms with E-state index in [1.54, 1.807) is 0 Å². The van der Waals surface area contributed by atoms with Gasteiger partial charge in [0.2, 0.25) is 0 Å². The van der Waals surface area contributed by atoms with Crippen molar-refractivity contribution in [2.24, 2.45) is 0 Å². The van der Waals surface area contributed by atoms with Crippen LogP contribution in [0.2, 0.25) is 0 Å². The van der Waals surface area contributed by atoms with Gasteiger partial charge in [-0.05, 0) is 38.5 Å². The van der Waals surface area contributed by atoms with Gasteiger partial charge in [-0.25, -0.2) is 9.07 Å². The molecule has 0 amide bonds. The summed E-state index contributed by atoms with van der Waals surface area (Å²) in [7, 11) is -0.894. The largest absolute Gasteiger partial charge is 0.222 e. The predicted molar refractivity (Wildman–Crippen MR) is 104 cm³/mol. The van der Waals surface area contributed by atoms with Gasteiger partial charge < -0.3 is 0 Å². The molecule has 1 aromatic rings. The highest BCUT2D eigenvalue weighted by molar-refractivity contribution is 8.33. The predicted octanol–water partition coefficient (Wildman–Crippen LogP) is 5.84. The normalized spacial score (nSPS) is 26.5. The average molecular weight is 350 g/mol. The Bertz CT molecular complexity index is 437. The van der Waals surface area contributed by atoms with E-state index in [1.165, 1.54) is 96.3 Å². The smallest absolute Gasteiger partial charge is 0.138 e. The Hall–Kier alpha value is -0.510. The van der Waals surface area contributed by atoms with Crippen molar-refractivity contribution in [3.63, 3.8) is 0 Å². The summed E-state index contributed by atoms with van der Waals surface area (Å²) >= 11 is 0. The molecule has 3 nitrogen and oxygen atoms in total. The molecule has 0 N–H and O–H groups in total. The van der Waals surface area contributed by atoms with Crippen molar-refractivity contribution < 1.29 is 0 Å². The van der Waals surface area contributed by atoms with Crippen molar-refractivity contribution in [1.29, 1.82) is 0 Å². The molecule has 1 heterocycles. The lowest BCUT2D eigenvalue weighted by Gasteiger charge is -2.58. The fourth-order valence-electron chi connectivity index (χ4n) is 5.96. The van der Waals surface area contributed by atoms with Gasteiger partial charge in [-0.15, -0.1) is 10.2 Å². The lowest BCUT2D eigenvalue weighted by atomic mass is 9.99. The Kier molecular flexibility index (Phi) is 5.50. The summed E-state index contributed by atoms with van der Waals surface area (Å²) in [5, 5.41) is 7.60. The molecule has 0 unspecified atom stereocenters. The molecule has 24 heavy (non-hydrogen) atoms. The van der Waals surface area contributed by atoms with Crippen molar-refractivity contribution in [3.8, 4) is 0 Å². The van der Waals surface area contributed by atoms with Gasteiger partial charge in [0.15, 0.2) is 0 Å². The van der Waals surface area contributed by atoms with Crippen LogP contribution >= 0.6 is 10.2 Å². The van der Waals surface area contributed by atoms with Crippen LogP contribution in [-0.2, 0) is 0 Å². The van der Waals surface area contributed by atoms with Crippen molar-refractivity contribution in [3.05, 3.63) is 12.7 Å². The van der Waals surface area contributed by atoms with Gasteiger partial charge in [0.25, 0.3) is 0 Å². The van der Waals surface area contributed by atoms with Gasteiger partial charge in [-0.3, -0.25) is 0 Å². The minimum atomic E-state index is -0.894. The Morgan fingerprint density at radius 3 is 1.38 bits per heavy atom. The lowest BCUT2D eigenvalue weighted by molar-refractivity contribution is 0.456. The maximum absolute atomic E-state index is 4.86. The second kappa shape index (κ2) is 7.80. The number of rotatable bonds is 4. The van der Waals surface area contributed by atoms with Gasteiger partial charge in [0, 0.05) is 15.7 Å². The Labute approximate surface area is 149 Å². The summed E-state index contributed by atoms with van der Waals surface area (Å²) in [4.78, 5) is 4.45. The first-order chi connectivity index (χ1) is 11.9. The SMILES string of the molecule is c1ncn(S(C2CCCCC2)(C2CCCCC2)C2CCCCC2)n1. The molecule has 0 spiro atoms. The molecule has 0 atom stereocenters. The highest BCUT2D eigenvalue weighted by atomic mass is 32.3. The van der Waals surface area contributed by atoms with Gasteiger partial charge in [0.05, 0.1) is 0 Å². The third-order valence-electron chi connectivity index (χ3n) is 6.98. The van der Waals surface area contributed by atoms with Crippen LogP contribution in [0.5, 0.6) is 0 Å². The zero-order chi connectivity index (χ0) is 16.2. The number of hydrogen-bond acceptors (Lipinski definition) is 2. The monoisotopic (exact) mass is 349 g/mol. The fraction of sp³-hybridized carbons (Fsp3) is 0.900. The average Bonchev–Trinajstić information content (AvgIpc) is 3.20. The lowest BCUT2D eigenvalue weighted by Crippen LogP contribution is -2.43. The molecule has 0 radical (unpaired) electrons. The molecule has 3 fully saturated rings. The third kappa shape index (κ3) is 3.04. The van der Waals surface area contributed by atoms with E-state index in [2.05, 4.69) is 15.4 Å². The highest BCUT2D eigenvalue weighted by Gasteiger charge is 2.48. The van der Waals surface area contributed by atoms with E-state index in [0.717, 1.165) is 15.7 Å². The van der Waals surface area contributed by atoms with Crippen molar-refractivity contribution in [2.75, 3.05) is 0 Å². The molecule has 3 aliphatic carbocycles. The van der Waals surface area contributed by atoms with Crippen molar-refractivity contribution in [1.82, 2.24) is 14.2 Å². The van der Waals surface area contributed by atoms with Crippen LogP contribution in [0.1, 0.15) is 96.3 Å². The summed E-state index contributed by atoms with van der Waals surface area (Å²) in [6.45, 7) is 0. The van der Waals surface area contributed by atoms with Crippen LogP contribution in [0.15, 0.2) is 12.7 Å². The Morgan fingerprint density at radius 1 is 0.625 bits per heavy atom. The zero-order valence-corrected chi connectivity index (χ0v) is 16.1. The Morgan fingerprint density at radius 2 is 1.04 bits per heavy atom.